The molecule has 1 spiro atoms. The standard InChI is InChI=1S/C47H59N9O15/c1-5-31(59)51-28-18-47-24-8-7-9-30(71-46(4,6-2)38(44(68)69)56-42(66)29(20-58)52-33(61)19-49-39(28)63)34(24)55-45(47)70-37-23-14-21(3)15-27(53-40(64)26-10-11-32(60)50-26)41(65)54-35(43(67)48-12-13-57)36(62)22(16-23)17-25(37)47/h7-9,13,16-17,21,26-29,35-36,38,45,55,58,62H,5-6,10-12,14-15,18-20H2,1-4H3,(H,48,67)(H,49,63)(H,50,60)(H,51,59)(H,52,61)(H,53,64)(H,54,65)(H,56,66)(H,68,69)/t21?,26?,27?,28?,29?,35?,36?,38?,45?,46?,47-/m0/s1. The lowest BCUT2D eigenvalue weighted by atomic mass is 9.70. The van der Waals surface area contributed by atoms with E-state index in [1.54, 1.807) is 38.1 Å². The van der Waals surface area contributed by atoms with Crippen LogP contribution in [-0.2, 0) is 59.8 Å². The van der Waals surface area contributed by atoms with Gasteiger partial charge in [-0.25, -0.2) is 4.79 Å². The number of ether oxygens (including phenoxy) is 2. The Morgan fingerprint density at radius 2 is 1.66 bits per heavy atom. The maximum absolute atomic E-state index is 14.4. The molecule has 0 saturated carbocycles. The maximum atomic E-state index is 14.4. The van der Waals surface area contributed by atoms with Crippen molar-refractivity contribution < 1.29 is 72.7 Å². The molecule has 1 fully saturated rings. The van der Waals surface area contributed by atoms with Gasteiger partial charge in [-0.1, -0.05) is 32.9 Å². The van der Waals surface area contributed by atoms with Crippen molar-refractivity contribution in [3.05, 3.63) is 52.6 Å². The van der Waals surface area contributed by atoms with Crippen LogP contribution in [0.3, 0.4) is 0 Å². The molecule has 24 heteroatoms. The summed E-state index contributed by atoms with van der Waals surface area (Å²) >= 11 is 0. The average molecular weight is 990 g/mol. The van der Waals surface area contributed by atoms with E-state index < -0.39 is 133 Å². The summed E-state index contributed by atoms with van der Waals surface area (Å²) in [6.07, 6.45) is -2.55. The number of hydrogen-bond donors (Lipinski definition) is 12. The van der Waals surface area contributed by atoms with Gasteiger partial charge in [0, 0.05) is 18.4 Å². The van der Waals surface area contributed by atoms with Crippen molar-refractivity contribution in [3.63, 3.8) is 0 Å². The first-order valence-corrected chi connectivity index (χ1v) is 23.5. The number of nitrogens with one attached hydrogen (secondary N) is 9. The summed E-state index contributed by atoms with van der Waals surface area (Å²) in [5, 5.41) is 56.5. The van der Waals surface area contributed by atoms with Crippen molar-refractivity contribution in [2.24, 2.45) is 5.92 Å². The van der Waals surface area contributed by atoms with Crippen molar-refractivity contribution in [2.45, 2.75) is 132 Å². The normalized spacial score (nSPS) is 30.5. The number of anilines is 1. The zero-order valence-electron chi connectivity index (χ0n) is 39.5. The van der Waals surface area contributed by atoms with E-state index in [0.29, 0.717) is 23.0 Å². The zero-order valence-corrected chi connectivity index (χ0v) is 39.5. The number of aldehydes is 1. The van der Waals surface area contributed by atoms with Crippen LogP contribution < -0.4 is 57.3 Å². The Hall–Kier alpha value is -7.34. The van der Waals surface area contributed by atoms with Gasteiger partial charge in [-0.3, -0.25) is 38.4 Å². The van der Waals surface area contributed by atoms with E-state index in [-0.39, 0.29) is 73.6 Å². The molecule has 5 aliphatic heterocycles. The van der Waals surface area contributed by atoms with Crippen molar-refractivity contribution in [3.8, 4) is 11.5 Å². The fraction of sp³-hybridized carbons (Fsp3) is 0.532. The number of aliphatic carboxylic acids is 1. The van der Waals surface area contributed by atoms with E-state index >= 15 is 0 Å². The van der Waals surface area contributed by atoms with Gasteiger partial charge < -0.3 is 77.4 Å². The van der Waals surface area contributed by atoms with Crippen LogP contribution in [0.25, 0.3) is 0 Å². The third-order valence-electron chi connectivity index (χ3n) is 13.8. The van der Waals surface area contributed by atoms with E-state index in [1.807, 2.05) is 6.92 Å². The van der Waals surface area contributed by atoms with Gasteiger partial charge in [0.1, 0.15) is 59.7 Å². The van der Waals surface area contributed by atoms with E-state index in [9.17, 15) is 63.3 Å². The first kappa shape index (κ1) is 51.5. The van der Waals surface area contributed by atoms with Crippen LogP contribution in [0.4, 0.5) is 5.69 Å². The number of carbonyl (C=O) groups is 10. The fourth-order valence-corrected chi connectivity index (χ4v) is 9.92. The first-order valence-electron chi connectivity index (χ1n) is 23.5. The molecule has 0 aliphatic carbocycles. The van der Waals surface area contributed by atoms with Crippen molar-refractivity contribution in [1.82, 2.24) is 42.5 Å². The molecule has 24 nitrogen and oxygen atoms in total. The zero-order chi connectivity index (χ0) is 51.5. The molecule has 5 heterocycles. The molecule has 71 heavy (non-hydrogen) atoms. The van der Waals surface area contributed by atoms with E-state index in [1.165, 1.54) is 13.0 Å². The smallest absolute Gasteiger partial charge is 0.330 e. The molecule has 7 rings (SSSR count). The highest BCUT2D eigenvalue weighted by Crippen LogP contribution is 2.60. The van der Waals surface area contributed by atoms with Crippen molar-refractivity contribution in [1.29, 1.82) is 0 Å². The molecule has 12 N–H and O–H groups in total. The van der Waals surface area contributed by atoms with Crippen molar-refractivity contribution >= 4 is 65.2 Å². The Morgan fingerprint density at radius 3 is 2.32 bits per heavy atom. The predicted molar refractivity (Wildman–Crippen MR) is 246 cm³/mol. The second-order valence-corrected chi connectivity index (χ2v) is 18.7. The summed E-state index contributed by atoms with van der Waals surface area (Å²) < 4.78 is 13.5. The molecule has 11 atom stereocenters. The molecule has 0 aromatic heterocycles. The molecule has 2 aromatic rings. The lowest BCUT2D eigenvalue weighted by molar-refractivity contribution is -0.149. The molecule has 1 saturated heterocycles. The monoisotopic (exact) mass is 989 g/mol. The second kappa shape index (κ2) is 20.9. The van der Waals surface area contributed by atoms with Gasteiger partial charge in [0.05, 0.1) is 30.8 Å². The van der Waals surface area contributed by atoms with Crippen LogP contribution in [0.2, 0.25) is 0 Å². The topological polar surface area (TPSA) is 358 Å². The minimum Gasteiger partial charge on any atom is -0.483 e. The number of carboxylic acids is 1. The Bertz CT molecular complexity index is 2520. The fourth-order valence-electron chi connectivity index (χ4n) is 9.92. The van der Waals surface area contributed by atoms with Gasteiger partial charge in [-0.15, -0.1) is 0 Å². The number of carboxylic acid groups (broad SMARTS) is 1. The van der Waals surface area contributed by atoms with E-state index in [4.69, 9.17) is 9.47 Å². The van der Waals surface area contributed by atoms with E-state index in [0.717, 1.165) is 0 Å². The van der Waals surface area contributed by atoms with Gasteiger partial charge in [-0.05, 0) is 79.8 Å². The minimum atomic E-state index is -1.85. The number of rotatable bonds is 10. The summed E-state index contributed by atoms with van der Waals surface area (Å²) in [5.41, 5.74) is -1.70. The van der Waals surface area contributed by atoms with Crippen LogP contribution in [0.5, 0.6) is 11.5 Å². The number of carbonyl (C=O) groups excluding carboxylic acids is 9. The van der Waals surface area contributed by atoms with Crippen molar-refractivity contribution in [2.75, 3.05) is 25.0 Å². The minimum absolute atomic E-state index is 0.00980. The quantitative estimate of drug-likeness (QED) is 0.108. The summed E-state index contributed by atoms with van der Waals surface area (Å²) in [6, 6.07) is -0.813. The van der Waals surface area contributed by atoms with Crippen LogP contribution in [-0.4, -0.2) is 143 Å². The number of amides is 8. The number of fused-ring (bicyclic) bond motifs is 4. The Kier molecular flexibility index (Phi) is 15.2. The number of aliphatic hydroxyl groups excluding tert-OH is 2. The Labute approximate surface area is 406 Å². The number of benzene rings is 2. The third-order valence-corrected chi connectivity index (χ3v) is 13.8. The van der Waals surface area contributed by atoms with Gasteiger partial charge in [0.15, 0.2) is 12.3 Å². The summed E-state index contributed by atoms with van der Waals surface area (Å²) in [7, 11) is 0. The van der Waals surface area contributed by atoms with Gasteiger partial charge in [0.2, 0.25) is 47.3 Å². The molecular weight excluding hydrogens is 931 g/mol. The molecular formula is C47H59N9O15. The van der Waals surface area contributed by atoms with E-state index in [2.05, 4.69) is 47.9 Å². The molecule has 10 unspecified atom stereocenters. The second-order valence-electron chi connectivity index (χ2n) is 18.7. The largest absolute Gasteiger partial charge is 0.483 e. The number of hydrogen-bond acceptors (Lipinski definition) is 15. The third kappa shape index (κ3) is 10.3. The maximum Gasteiger partial charge on any atom is 0.330 e. The molecule has 2 aromatic carbocycles. The first-order chi connectivity index (χ1) is 33.8. The Balaban J connectivity index is 1.42. The number of aliphatic hydroxyl groups is 2. The Morgan fingerprint density at radius 1 is 0.901 bits per heavy atom. The van der Waals surface area contributed by atoms with Crippen LogP contribution in [0.15, 0.2) is 30.3 Å². The predicted octanol–water partition coefficient (Wildman–Crippen LogP) is -2.70. The van der Waals surface area contributed by atoms with Gasteiger partial charge in [-0.2, -0.15) is 0 Å². The highest BCUT2D eigenvalue weighted by molar-refractivity contribution is 5.97. The molecule has 5 aliphatic rings. The van der Waals surface area contributed by atoms with Crippen LogP contribution >= 0.6 is 0 Å². The van der Waals surface area contributed by atoms with Crippen LogP contribution in [0, 0.1) is 5.92 Å². The average Bonchev–Trinajstić information content (AvgIpc) is 4.01. The number of para-hydroxylation sites is 1. The summed E-state index contributed by atoms with van der Waals surface area (Å²) in [4.78, 5) is 132. The highest BCUT2D eigenvalue weighted by atomic mass is 16.5. The van der Waals surface area contributed by atoms with Gasteiger partial charge >= 0.3 is 5.97 Å². The summed E-state index contributed by atoms with van der Waals surface area (Å²) in [6.45, 7) is 4.29. The molecule has 382 valence electrons. The van der Waals surface area contributed by atoms with Crippen LogP contribution in [0.1, 0.15) is 94.6 Å². The SMILES string of the molecule is CCC(=O)NC1C[C@@]23c4cccc(c4NC2Oc2c4cc(cc23)C(O)C(C(=O)NCC=O)NC(=O)C(NC(=O)C2CCC(=O)N2)CC(C)C4)OC(C)(CC)C(C(=O)O)NC(=O)C(CO)NC(=O)CNC1=O. The highest BCUT2D eigenvalue weighted by Gasteiger charge is 2.59. The molecule has 8 amide bonds. The van der Waals surface area contributed by atoms with Gasteiger partial charge in [0.25, 0.3) is 0 Å². The lowest BCUT2D eigenvalue weighted by Crippen LogP contribution is -2.62. The molecule has 6 bridgehead atoms. The lowest BCUT2D eigenvalue weighted by Gasteiger charge is -2.36. The molecule has 0 radical (unpaired) electrons. The summed E-state index contributed by atoms with van der Waals surface area (Å²) in [5.74, 6) is -7.76.